The van der Waals surface area contributed by atoms with Gasteiger partial charge >= 0.3 is 0 Å². The SMILES string of the molecule is Nc1cccc2c1CCCN2C(=O)c1cc(Cl)c(Cl)[nH]1. The number of halogens is 2. The second-order valence-corrected chi connectivity index (χ2v) is 5.54. The fourth-order valence-corrected chi connectivity index (χ4v) is 2.84. The van der Waals surface area contributed by atoms with Crippen molar-refractivity contribution >= 4 is 40.5 Å². The number of hydrogen-bond acceptors (Lipinski definition) is 2. The number of anilines is 2. The summed E-state index contributed by atoms with van der Waals surface area (Å²) in [5.74, 6) is -0.148. The second-order valence-electron chi connectivity index (χ2n) is 4.75. The average molecular weight is 310 g/mol. The summed E-state index contributed by atoms with van der Waals surface area (Å²) in [6, 6.07) is 7.17. The van der Waals surface area contributed by atoms with Crippen molar-refractivity contribution in [2.45, 2.75) is 12.8 Å². The normalized spacial score (nSPS) is 14.2. The first-order chi connectivity index (χ1) is 9.58. The van der Waals surface area contributed by atoms with Crippen LogP contribution in [0.1, 0.15) is 22.5 Å². The first kappa shape index (κ1) is 13.3. The monoisotopic (exact) mass is 309 g/mol. The van der Waals surface area contributed by atoms with Crippen molar-refractivity contribution in [3.8, 4) is 0 Å². The highest BCUT2D eigenvalue weighted by molar-refractivity contribution is 6.41. The molecule has 0 bridgehead atoms. The molecule has 0 aliphatic carbocycles. The second kappa shape index (κ2) is 5.04. The highest BCUT2D eigenvalue weighted by Gasteiger charge is 2.26. The number of fused-ring (bicyclic) bond motifs is 1. The van der Waals surface area contributed by atoms with Gasteiger partial charge in [0.05, 0.1) is 5.02 Å². The Morgan fingerprint density at radius 2 is 2.15 bits per heavy atom. The molecule has 1 amide bonds. The van der Waals surface area contributed by atoms with Gasteiger partial charge in [0.2, 0.25) is 0 Å². The molecule has 2 aromatic rings. The molecule has 0 fully saturated rings. The van der Waals surface area contributed by atoms with Crippen molar-refractivity contribution in [3.63, 3.8) is 0 Å². The molecule has 1 aliphatic rings. The van der Waals surface area contributed by atoms with E-state index in [1.807, 2.05) is 18.2 Å². The Labute approximate surface area is 126 Å². The predicted octanol–water partition coefficient (Wildman–Crippen LogP) is 3.50. The first-order valence-corrected chi connectivity index (χ1v) is 7.07. The van der Waals surface area contributed by atoms with Gasteiger partial charge in [-0.15, -0.1) is 0 Å². The predicted molar refractivity (Wildman–Crippen MR) is 81.7 cm³/mol. The lowest BCUT2D eigenvalue weighted by Gasteiger charge is -2.29. The molecular formula is C14H13Cl2N3O. The van der Waals surface area contributed by atoms with Gasteiger partial charge in [-0.2, -0.15) is 0 Å². The minimum Gasteiger partial charge on any atom is -0.398 e. The zero-order valence-electron chi connectivity index (χ0n) is 10.6. The van der Waals surface area contributed by atoms with E-state index in [0.29, 0.717) is 17.3 Å². The summed E-state index contributed by atoms with van der Waals surface area (Å²) in [6.45, 7) is 0.656. The highest BCUT2D eigenvalue weighted by atomic mass is 35.5. The quantitative estimate of drug-likeness (QED) is 0.792. The van der Waals surface area contributed by atoms with Crippen molar-refractivity contribution < 1.29 is 4.79 Å². The number of benzene rings is 1. The van der Waals surface area contributed by atoms with Gasteiger partial charge in [0.15, 0.2) is 0 Å². The molecule has 0 saturated carbocycles. The molecule has 0 atom stereocenters. The van der Waals surface area contributed by atoms with Crippen LogP contribution in [0, 0.1) is 0 Å². The number of nitrogens with two attached hydrogens (primary N) is 1. The maximum Gasteiger partial charge on any atom is 0.274 e. The number of rotatable bonds is 1. The minimum absolute atomic E-state index is 0.148. The number of amides is 1. The largest absolute Gasteiger partial charge is 0.398 e. The maximum atomic E-state index is 12.6. The van der Waals surface area contributed by atoms with Gasteiger partial charge in [-0.05, 0) is 36.6 Å². The number of hydrogen-bond donors (Lipinski definition) is 2. The molecule has 0 spiro atoms. The van der Waals surface area contributed by atoms with Crippen LogP contribution in [-0.2, 0) is 6.42 Å². The van der Waals surface area contributed by atoms with E-state index in [4.69, 9.17) is 28.9 Å². The van der Waals surface area contributed by atoms with Gasteiger partial charge in [0.25, 0.3) is 5.91 Å². The van der Waals surface area contributed by atoms with Crippen LogP contribution in [0.4, 0.5) is 11.4 Å². The number of carbonyl (C=O) groups excluding carboxylic acids is 1. The summed E-state index contributed by atoms with van der Waals surface area (Å²) in [5, 5.41) is 0.625. The summed E-state index contributed by atoms with van der Waals surface area (Å²) in [4.78, 5) is 17.1. The van der Waals surface area contributed by atoms with E-state index in [9.17, 15) is 4.79 Å². The number of nitrogens with zero attached hydrogens (tertiary/aromatic N) is 1. The van der Waals surface area contributed by atoms with Crippen LogP contribution in [0.2, 0.25) is 10.2 Å². The fourth-order valence-electron chi connectivity index (χ4n) is 2.53. The van der Waals surface area contributed by atoms with Crippen molar-refractivity contribution in [1.29, 1.82) is 0 Å². The van der Waals surface area contributed by atoms with Crippen LogP contribution in [-0.4, -0.2) is 17.4 Å². The molecule has 6 heteroatoms. The van der Waals surface area contributed by atoms with Gasteiger partial charge < -0.3 is 15.6 Å². The third-order valence-corrected chi connectivity index (χ3v) is 4.18. The molecule has 20 heavy (non-hydrogen) atoms. The van der Waals surface area contributed by atoms with Gasteiger partial charge in [-0.1, -0.05) is 29.3 Å². The smallest absolute Gasteiger partial charge is 0.274 e. The number of H-pyrrole nitrogens is 1. The fraction of sp³-hybridized carbons (Fsp3) is 0.214. The number of aromatic nitrogens is 1. The molecule has 1 aliphatic heterocycles. The van der Waals surface area contributed by atoms with Crippen LogP contribution in [0.5, 0.6) is 0 Å². The standard InChI is InChI=1S/C14H13Cl2N3O/c15-9-7-11(18-13(9)16)14(20)19-6-2-3-8-10(17)4-1-5-12(8)19/h1,4-5,7,18H,2-3,6,17H2. The van der Waals surface area contributed by atoms with E-state index in [1.165, 1.54) is 0 Å². The van der Waals surface area contributed by atoms with E-state index in [-0.39, 0.29) is 11.1 Å². The molecule has 1 aromatic carbocycles. The van der Waals surface area contributed by atoms with Crippen molar-refractivity contribution in [2.75, 3.05) is 17.2 Å². The Morgan fingerprint density at radius 1 is 1.35 bits per heavy atom. The minimum atomic E-state index is -0.148. The molecule has 1 aromatic heterocycles. The Morgan fingerprint density at radius 3 is 2.85 bits per heavy atom. The third-order valence-electron chi connectivity index (χ3n) is 3.49. The third kappa shape index (κ3) is 2.15. The Bertz CT molecular complexity index is 662. The lowest BCUT2D eigenvalue weighted by atomic mass is 9.99. The van der Waals surface area contributed by atoms with Gasteiger partial charge in [-0.25, -0.2) is 0 Å². The molecular weight excluding hydrogens is 297 g/mol. The number of nitrogens with one attached hydrogen (secondary N) is 1. The summed E-state index contributed by atoms with van der Waals surface area (Å²) in [5.41, 5.74) is 8.98. The molecule has 3 rings (SSSR count). The zero-order valence-corrected chi connectivity index (χ0v) is 12.1. The molecule has 0 radical (unpaired) electrons. The van der Waals surface area contributed by atoms with E-state index >= 15 is 0 Å². The van der Waals surface area contributed by atoms with Gasteiger partial charge in [0.1, 0.15) is 10.8 Å². The molecule has 4 nitrogen and oxygen atoms in total. The van der Waals surface area contributed by atoms with Crippen LogP contribution in [0.15, 0.2) is 24.3 Å². The lowest BCUT2D eigenvalue weighted by Crippen LogP contribution is -2.35. The van der Waals surface area contributed by atoms with Gasteiger partial charge in [-0.3, -0.25) is 4.79 Å². The van der Waals surface area contributed by atoms with Gasteiger partial charge in [0, 0.05) is 17.9 Å². The Kier molecular flexibility index (Phi) is 3.36. The average Bonchev–Trinajstić information content (AvgIpc) is 2.78. The van der Waals surface area contributed by atoms with Crippen molar-refractivity contribution in [3.05, 3.63) is 45.7 Å². The molecule has 3 N–H and O–H groups in total. The number of carbonyl (C=O) groups is 1. The summed E-state index contributed by atoms with van der Waals surface area (Å²) >= 11 is 11.7. The maximum absolute atomic E-state index is 12.6. The van der Waals surface area contributed by atoms with Crippen LogP contribution < -0.4 is 10.6 Å². The Hall–Kier alpha value is -1.65. The van der Waals surface area contributed by atoms with E-state index in [1.54, 1.807) is 11.0 Å². The highest BCUT2D eigenvalue weighted by Crippen LogP contribution is 2.33. The molecule has 2 heterocycles. The van der Waals surface area contributed by atoms with Crippen LogP contribution in [0.25, 0.3) is 0 Å². The summed E-state index contributed by atoms with van der Waals surface area (Å²) in [7, 11) is 0. The number of aromatic amines is 1. The van der Waals surface area contributed by atoms with Crippen molar-refractivity contribution in [1.82, 2.24) is 4.98 Å². The molecule has 0 saturated heterocycles. The zero-order chi connectivity index (χ0) is 14.3. The van der Waals surface area contributed by atoms with Crippen LogP contribution in [0.3, 0.4) is 0 Å². The van der Waals surface area contributed by atoms with E-state index < -0.39 is 0 Å². The summed E-state index contributed by atoms with van der Waals surface area (Å²) < 4.78 is 0. The summed E-state index contributed by atoms with van der Waals surface area (Å²) in [6.07, 6.45) is 1.77. The Balaban J connectivity index is 2.00. The number of nitrogen functional groups attached to an aromatic ring is 1. The van der Waals surface area contributed by atoms with Crippen LogP contribution >= 0.6 is 23.2 Å². The molecule has 0 unspecified atom stereocenters. The topological polar surface area (TPSA) is 62.1 Å². The lowest BCUT2D eigenvalue weighted by molar-refractivity contribution is 0.0981. The first-order valence-electron chi connectivity index (χ1n) is 6.31. The molecule has 104 valence electrons. The van der Waals surface area contributed by atoms with E-state index in [0.717, 1.165) is 29.8 Å². The van der Waals surface area contributed by atoms with Crippen molar-refractivity contribution in [2.24, 2.45) is 0 Å². The van der Waals surface area contributed by atoms with E-state index in [2.05, 4.69) is 4.98 Å².